The summed E-state index contributed by atoms with van der Waals surface area (Å²) in [6.07, 6.45) is 0. The first-order valence-electron chi connectivity index (χ1n) is 8.83. The standard InChI is InChI=1S/C21H17ClN2O4S/c22-17-11-18-19(28-14-21(25)23-18)12-20(17)29(26,27)24(16-9-5-2-6-10-16)13-15-7-3-1-4-8-15/h1-12H,13-14H2,(H,23,25). The number of carbonyl (C=O) groups is 1. The molecule has 3 aromatic rings. The number of rotatable bonds is 5. The van der Waals surface area contributed by atoms with Crippen LogP contribution in [0.3, 0.4) is 0 Å². The van der Waals surface area contributed by atoms with Gasteiger partial charge in [0.05, 0.1) is 22.9 Å². The molecule has 1 N–H and O–H groups in total. The molecule has 1 amide bonds. The maximum absolute atomic E-state index is 13.6. The van der Waals surface area contributed by atoms with E-state index in [1.165, 1.54) is 16.4 Å². The molecule has 0 radical (unpaired) electrons. The lowest BCUT2D eigenvalue weighted by molar-refractivity contribution is -0.118. The Morgan fingerprint density at radius 2 is 1.66 bits per heavy atom. The molecule has 4 rings (SSSR count). The molecule has 0 saturated heterocycles. The van der Waals surface area contributed by atoms with E-state index < -0.39 is 10.0 Å². The smallest absolute Gasteiger partial charge is 0.266 e. The Morgan fingerprint density at radius 1 is 1.00 bits per heavy atom. The van der Waals surface area contributed by atoms with Crippen LogP contribution in [0.25, 0.3) is 0 Å². The van der Waals surface area contributed by atoms with Crippen LogP contribution in [0.15, 0.2) is 77.7 Å². The molecule has 1 heterocycles. The largest absolute Gasteiger partial charge is 0.482 e. The van der Waals surface area contributed by atoms with Crippen LogP contribution in [0, 0.1) is 0 Å². The lowest BCUT2D eigenvalue weighted by Gasteiger charge is -2.26. The fourth-order valence-corrected chi connectivity index (χ4v) is 5.03. The molecule has 0 aromatic heterocycles. The predicted molar refractivity (Wildman–Crippen MR) is 112 cm³/mol. The second kappa shape index (κ2) is 7.77. The summed E-state index contributed by atoms with van der Waals surface area (Å²) < 4.78 is 33.9. The molecule has 8 heteroatoms. The molecular weight excluding hydrogens is 412 g/mol. The van der Waals surface area contributed by atoms with Gasteiger partial charge in [-0.2, -0.15) is 0 Å². The van der Waals surface area contributed by atoms with Crippen LogP contribution in [0.5, 0.6) is 5.75 Å². The Balaban J connectivity index is 1.80. The number of nitrogens with one attached hydrogen (secondary N) is 1. The minimum Gasteiger partial charge on any atom is -0.482 e. The molecule has 29 heavy (non-hydrogen) atoms. The summed E-state index contributed by atoms with van der Waals surface area (Å²) in [5.74, 6) is -0.0561. The third-order valence-electron chi connectivity index (χ3n) is 4.45. The van der Waals surface area contributed by atoms with E-state index in [0.717, 1.165) is 5.56 Å². The first-order valence-corrected chi connectivity index (χ1v) is 10.6. The van der Waals surface area contributed by atoms with Crippen molar-refractivity contribution in [3.8, 4) is 5.75 Å². The van der Waals surface area contributed by atoms with E-state index in [1.807, 2.05) is 36.4 Å². The van der Waals surface area contributed by atoms with Crippen LogP contribution in [-0.2, 0) is 21.4 Å². The molecule has 1 aliphatic heterocycles. The number of nitrogens with zero attached hydrogens (tertiary/aromatic N) is 1. The van der Waals surface area contributed by atoms with Gasteiger partial charge in [-0.3, -0.25) is 9.10 Å². The van der Waals surface area contributed by atoms with Crippen LogP contribution in [0.4, 0.5) is 11.4 Å². The fourth-order valence-electron chi connectivity index (χ4n) is 3.06. The van der Waals surface area contributed by atoms with Crippen molar-refractivity contribution < 1.29 is 17.9 Å². The van der Waals surface area contributed by atoms with Crippen LogP contribution >= 0.6 is 11.6 Å². The number of halogens is 1. The van der Waals surface area contributed by atoms with Crippen molar-refractivity contribution in [3.05, 3.63) is 83.4 Å². The van der Waals surface area contributed by atoms with Gasteiger partial charge < -0.3 is 10.1 Å². The number of hydrogen-bond acceptors (Lipinski definition) is 4. The Labute approximate surface area is 173 Å². The summed E-state index contributed by atoms with van der Waals surface area (Å²) in [5.41, 5.74) is 1.69. The number of amides is 1. The van der Waals surface area contributed by atoms with E-state index in [4.69, 9.17) is 16.3 Å². The number of para-hydroxylation sites is 1. The molecule has 0 saturated carbocycles. The zero-order valence-corrected chi connectivity index (χ0v) is 16.8. The molecule has 3 aromatic carbocycles. The van der Waals surface area contributed by atoms with Gasteiger partial charge in [0, 0.05) is 6.07 Å². The van der Waals surface area contributed by atoms with Gasteiger partial charge in [-0.1, -0.05) is 60.1 Å². The topological polar surface area (TPSA) is 75.7 Å². The minimum atomic E-state index is -4.02. The summed E-state index contributed by atoms with van der Waals surface area (Å²) in [4.78, 5) is 11.4. The summed E-state index contributed by atoms with van der Waals surface area (Å²) in [5, 5.41) is 2.63. The lowest BCUT2D eigenvalue weighted by atomic mass is 10.2. The number of ether oxygens (including phenoxy) is 1. The van der Waals surface area contributed by atoms with E-state index in [2.05, 4.69) is 5.32 Å². The van der Waals surface area contributed by atoms with Crippen molar-refractivity contribution in [2.24, 2.45) is 0 Å². The summed E-state index contributed by atoms with van der Waals surface area (Å²) in [7, 11) is -4.02. The zero-order chi connectivity index (χ0) is 20.4. The molecule has 1 aliphatic rings. The van der Waals surface area contributed by atoms with Gasteiger partial charge in [0.15, 0.2) is 6.61 Å². The van der Waals surface area contributed by atoms with E-state index >= 15 is 0 Å². The fraction of sp³-hybridized carbons (Fsp3) is 0.0952. The number of sulfonamides is 1. The summed E-state index contributed by atoms with van der Waals surface area (Å²) in [6.45, 7) is -0.0429. The molecule has 0 spiro atoms. The first-order chi connectivity index (χ1) is 13.9. The summed E-state index contributed by atoms with van der Waals surface area (Å²) >= 11 is 6.32. The van der Waals surface area contributed by atoms with Crippen LogP contribution in [-0.4, -0.2) is 20.9 Å². The van der Waals surface area contributed by atoms with E-state index in [0.29, 0.717) is 11.4 Å². The Morgan fingerprint density at radius 3 is 2.34 bits per heavy atom. The Bertz CT molecular complexity index is 1150. The highest BCUT2D eigenvalue weighted by molar-refractivity contribution is 7.93. The van der Waals surface area contributed by atoms with Crippen molar-refractivity contribution in [2.75, 3.05) is 16.2 Å². The van der Waals surface area contributed by atoms with Gasteiger partial charge >= 0.3 is 0 Å². The van der Waals surface area contributed by atoms with Crippen molar-refractivity contribution in [3.63, 3.8) is 0 Å². The SMILES string of the molecule is O=C1COc2cc(S(=O)(=O)N(Cc3ccccc3)c3ccccc3)c(Cl)cc2N1. The number of carbonyl (C=O) groups excluding carboxylic acids is 1. The highest BCUT2D eigenvalue weighted by Crippen LogP contribution is 2.38. The number of benzene rings is 3. The molecule has 0 fully saturated rings. The van der Waals surface area contributed by atoms with Gasteiger partial charge in [0.2, 0.25) is 0 Å². The molecule has 0 unspecified atom stereocenters. The normalized spacial score (nSPS) is 13.2. The average molecular weight is 429 g/mol. The monoisotopic (exact) mass is 428 g/mol. The number of fused-ring (bicyclic) bond motifs is 1. The molecule has 0 atom stereocenters. The Hall–Kier alpha value is -3.03. The third kappa shape index (κ3) is 3.92. The van der Waals surface area contributed by atoms with Crippen molar-refractivity contribution in [2.45, 2.75) is 11.4 Å². The van der Waals surface area contributed by atoms with Crippen molar-refractivity contribution >= 4 is 38.9 Å². The first kappa shape index (κ1) is 19.3. The quantitative estimate of drug-likeness (QED) is 0.664. The lowest BCUT2D eigenvalue weighted by Crippen LogP contribution is -2.31. The minimum absolute atomic E-state index is 0.00328. The number of hydrogen-bond donors (Lipinski definition) is 1. The van der Waals surface area contributed by atoms with Gasteiger partial charge in [0.25, 0.3) is 15.9 Å². The van der Waals surface area contributed by atoms with Crippen LogP contribution < -0.4 is 14.4 Å². The van der Waals surface area contributed by atoms with Gasteiger partial charge in [-0.05, 0) is 23.8 Å². The molecule has 148 valence electrons. The van der Waals surface area contributed by atoms with E-state index in [1.54, 1.807) is 24.3 Å². The summed E-state index contributed by atoms with van der Waals surface area (Å²) in [6, 6.07) is 20.9. The predicted octanol–water partition coefficient (Wildman–Crippen LogP) is 4.07. The van der Waals surface area contributed by atoms with Gasteiger partial charge in [-0.15, -0.1) is 0 Å². The van der Waals surface area contributed by atoms with Crippen molar-refractivity contribution in [1.82, 2.24) is 0 Å². The molecule has 6 nitrogen and oxygen atoms in total. The second-order valence-electron chi connectivity index (χ2n) is 6.45. The Kier molecular flexibility index (Phi) is 5.17. The van der Waals surface area contributed by atoms with Crippen LogP contribution in [0.1, 0.15) is 5.56 Å². The molecule has 0 bridgehead atoms. The third-order valence-corrected chi connectivity index (χ3v) is 6.69. The average Bonchev–Trinajstić information content (AvgIpc) is 2.72. The van der Waals surface area contributed by atoms with Gasteiger partial charge in [0.1, 0.15) is 10.6 Å². The highest BCUT2D eigenvalue weighted by atomic mass is 35.5. The maximum Gasteiger partial charge on any atom is 0.266 e. The molecular formula is C21H17ClN2O4S. The highest BCUT2D eigenvalue weighted by Gasteiger charge is 2.30. The number of anilines is 2. The van der Waals surface area contributed by atoms with Gasteiger partial charge in [-0.25, -0.2) is 8.42 Å². The molecule has 0 aliphatic carbocycles. The van der Waals surface area contributed by atoms with Crippen LogP contribution in [0.2, 0.25) is 5.02 Å². The second-order valence-corrected chi connectivity index (χ2v) is 8.69. The van der Waals surface area contributed by atoms with E-state index in [9.17, 15) is 13.2 Å². The van der Waals surface area contributed by atoms with Crippen molar-refractivity contribution in [1.29, 1.82) is 0 Å². The van der Waals surface area contributed by atoms with E-state index in [-0.39, 0.29) is 34.7 Å². The zero-order valence-electron chi connectivity index (χ0n) is 15.2. The maximum atomic E-state index is 13.6.